The molecule has 21 heavy (non-hydrogen) atoms. The molecular weight excluding hydrogens is 379 g/mol. The van der Waals surface area contributed by atoms with E-state index in [4.69, 9.17) is 4.42 Å². The lowest BCUT2D eigenvalue weighted by atomic mass is 10.1. The van der Waals surface area contributed by atoms with E-state index in [0.717, 1.165) is 14.8 Å². The first-order valence-corrected chi connectivity index (χ1v) is 7.36. The average Bonchev–Trinajstić information content (AvgIpc) is 3.02. The summed E-state index contributed by atoms with van der Waals surface area (Å²) in [4.78, 5) is 16.0. The highest BCUT2D eigenvalue weighted by atomic mass is 127. The van der Waals surface area contributed by atoms with E-state index in [1.54, 1.807) is 12.3 Å². The van der Waals surface area contributed by atoms with Gasteiger partial charge in [0.1, 0.15) is 0 Å². The third kappa shape index (κ3) is 3.30. The standard InChI is InChI=1S/C16H11IN2O2/c17-13-3-1-2-12(8-13)16(20)19-14-6-4-11(5-7-14)15-9-18-10-21-15/h1-10H,(H,19,20). The lowest BCUT2D eigenvalue weighted by Gasteiger charge is -2.06. The quantitative estimate of drug-likeness (QED) is 0.683. The van der Waals surface area contributed by atoms with E-state index in [9.17, 15) is 4.79 Å². The van der Waals surface area contributed by atoms with Crippen LogP contribution in [-0.2, 0) is 0 Å². The van der Waals surface area contributed by atoms with E-state index in [0.29, 0.717) is 11.3 Å². The summed E-state index contributed by atoms with van der Waals surface area (Å²) < 4.78 is 6.25. The predicted molar refractivity (Wildman–Crippen MR) is 89.1 cm³/mol. The molecule has 1 amide bonds. The summed E-state index contributed by atoms with van der Waals surface area (Å²) >= 11 is 2.18. The van der Waals surface area contributed by atoms with Crippen LogP contribution in [0.1, 0.15) is 10.4 Å². The van der Waals surface area contributed by atoms with Gasteiger partial charge in [0, 0.05) is 20.4 Å². The number of nitrogens with zero attached hydrogens (tertiary/aromatic N) is 1. The molecule has 1 N–H and O–H groups in total. The van der Waals surface area contributed by atoms with Gasteiger partial charge in [-0.05, 0) is 65.1 Å². The van der Waals surface area contributed by atoms with Crippen LogP contribution in [-0.4, -0.2) is 10.9 Å². The summed E-state index contributed by atoms with van der Waals surface area (Å²) in [5, 5.41) is 2.87. The van der Waals surface area contributed by atoms with Crippen LogP contribution < -0.4 is 5.32 Å². The van der Waals surface area contributed by atoms with E-state index >= 15 is 0 Å². The van der Waals surface area contributed by atoms with Gasteiger partial charge < -0.3 is 9.73 Å². The van der Waals surface area contributed by atoms with Crippen molar-refractivity contribution in [1.82, 2.24) is 4.98 Å². The van der Waals surface area contributed by atoms with E-state index in [1.165, 1.54) is 6.39 Å². The Morgan fingerprint density at radius 1 is 1.14 bits per heavy atom. The monoisotopic (exact) mass is 390 g/mol. The molecule has 3 rings (SSSR count). The third-order valence-electron chi connectivity index (χ3n) is 2.95. The fourth-order valence-corrected chi connectivity index (χ4v) is 2.45. The lowest BCUT2D eigenvalue weighted by Crippen LogP contribution is -2.11. The second-order valence-corrected chi connectivity index (χ2v) is 5.65. The zero-order valence-corrected chi connectivity index (χ0v) is 13.1. The van der Waals surface area contributed by atoms with Crippen molar-refractivity contribution in [1.29, 1.82) is 0 Å². The van der Waals surface area contributed by atoms with Crippen LogP contribution in [0.3, 0.4) is 0 Å². The van der Waals surface area contributed by atoms with Gasteiger partial charge >= 0.3 is 0 Å². The summed E-state index contributed by atoms with van der Waals surface area (Å²) in [5.41, 5.74) is 2.29. The summed E-state index contributed by atoms with van der Waals surface area (Å²) in [6.45, 7) is 0. The number of halogens is 1. The van der Waals surface area contributed by atoms with Crippen molar-refractivity contribution in [3.63, 3.8) is 0 Å². The predicted octanol–water partition coefficient (Wildman–Crippen LogP) is 4.20. The first-order chi connectivity index (χ1) is 10.2. The molecule has 0 saturated heterocycles. The molecule has 5 heteroatoms. The summed E-state index contributed by atoms with van der Waals surface area (Å²) in [7, 11) is 0. The molecule has 0 spiro atoms. The van der Waals surface area contributed by atoms with Gasteiger partial charge in [0.2, 0.25) is 0 Å². The van der Waals surface area contributed by atoms with Crippen molar-refractivity contribution < 1.29 is 9.21 Å². The molecule has 0 atom stereocenters. The molecular formula is C16H11IN2O2. The van der Waals surface area contributed by atoms with Crippen LogP contribution in [0.25, 0.3) is 11.3 Å². The molecule has 0 aliphatic heterocycles. The molecule has 0 bridgehead atoms. The van der Waals surface area contributed by atoms with Gasteiger partial charge in [-0.25, -0.2) is 4.98 Å². The number of carbonyl (C=O) groups is 1. The van der Waals surface area contributed by atoms with Crippen LogP contribution in [0.2, 0.25) is 0 Å². The zero-order chi connectivity index (χ0) is 14.7. The molecule has 0 unspecified atom stereocenters. The maximum Gasteiger partial charge on any atom is 0.255 e. The van der Waals surface area contributed by atoms with Crippen LogP contribution in [0.5, 0.6) is 0 Å². The van der Waals surface area contributed by atoms with Crippen LogP contribution in [0, 0.1) is 3.57 Å². The average molecular weight is 390 g/mol. The van der Waals surface area contributed by atoms with Gasteiger partial charge in [-0.1, -0.05) is 6.07 Å². The number of rotatable bonds is 3. The maximum atomic E-state index is 12.1. The van der Waals surface area contributed by atoms with Crippen molar-refractivity contribution in [3.8, 4) is 11.3 Å². The van der Waals surface area contributed by atoms with Crippen molar-refractivity contribution in [2.45, 2.75) is 0 Å². The van der Waals surface area contributed by atoms with E-state index in [-0.39, 0.29) is 5.91 Å². The van der Waals surface area contributed by atoms with Gasteiger partial charge in [0.05, 0.1) is 6.20 Å². The van der Waals surface area contributed by atoms with E-state index in [2.05, 4.69) is 32.9 Å². The molecule has 0 aliphatic carbocycles. The molecule has 0 fully saturated rings. The number of amides is 1. The highest BCUT2D eigenvalue weighted by Gasteiger charge is 2.07. The molecule has 104 valence electrons. The molecule has 1 aromatic heterocycles. The van der Waals surface area contributed by atoms with Gasteiger partial charge in [0.15, 0.2) is 12.2 Å². The molecule has 2 aromatic carbocycles. The smallest absolute Gasteiger partial charge is 0.255 e. The van der Waals surface area contributed by atoms with Crippen LogP contribution in [0.4, 0.5) is 5.69 Å². The first kappa shape index (κ1) is 13.8. The Morgan fingerprint density at radius 3 is 2.62 bits per heavy atom. The summed E-state index contributed by atoms with van der Waals surface area (Å²) in [5.74, 6) is 0.575. The zero-order valence-electron chi connectivity index (χ0n) is 10.9. The minimum atomic E-state index is -0.124. The lowest BCUT2D eigenvalue weighted by molar-refractivity contribution is 0.102. The summed E-state index contributed by atoms with van der Waals surface area (Å²) in [6.07, 6.45) is 3.04. The number of aromatic nitrogens is 1. The second-order valence-electron chi connectivity index (χ2n) is 4.41. The number of hydrogen-bond donors (Lipinski definition) is 1. The SMILES string of the molecule is O=C(Nc1ccc(-c2cnco2)cc1)c1cccc(I)c1. The largest absolute Gasteiger partial charge is 0.444 e. The van der Waals surface area contributed by atoms with Crippen molar-refractivity contribution in [3.05, 3.63) is 70.3 Å². The maximum absolute atomic E-state index is 12.1. The fraction of sp³-hybridized carbons (Fsp3) is 0. The highest BCUT2D eigenvalue weighted by Crippen LogP contribution is 2.21. The number of carbonyl (C=O) groups excluding carboxylic acids is 1. The number of anilines is 1. The topological polar surface area (TPSA) is 55.1 Å². The molecule has 3 aromatic rings. The van der Waals surface area contributed by atoms with E-state index < -0.39 is 0 Å². The van der Waals surface area contributed by atoms with Gasteiger partial charge in [-0.2, -0.15) is 0 Å². The van der Waals surface area contributed by atoms with Crippen molar-refractivity contribution in [2.75, 3.05) is 5.32 Å². The Balaban J connectivity index is 1.75. The number of nitrogens with one attached hydrogen (secondary N) is 1. The second kappa shape index (κ2) is 6.09. The summed E-state index contributed by atoms with van der Waals surface area (Å²) in [6, 6.07) is 14.9. The van der Waals surface area contributed by atoms with Gasteiger partial charge in [0.25, 0.3) is 5.91 Å². The number of benzene rings is 2. The molecule has 1 heterocycles. The normalized spacial score (nSPS) is 10.3. The molecule has 4 nitrogen and oxygen atoms in total. The molecule has 0 aliphatic rings. The van der Waals surface area contributed by atoms with Crippen LogP contribution >= 0.6 is 22.6 Å². The highest BCUT2D eigenvalue weighted by molar-refractivity contribution is 14.1. The first-order valence-electron chi connectivity index (χ1n) is 6.28. The van der Waals surface area contributed by atoms with Crippen molar-refractivity contribution in [2.24, 2.45) is 0 Å². The van der Waals surface area contributed by atoms with Crippen LogP contribution in [0.15, 0.2) is 65.5 Å². The Morgan fingerprint density at radius 2 is 1.95 bits per heavy atom. The van der Waals surface area contributed by atoms with Gasteiger partial charge in [-0.3, -0.25) is 4.79 Å². The van der Waals surface area contributed by atoms with Crippen molar-refractivity contribution >= 4 is 34.2 Å². The molecule has 0 radical (unpaired) electrons. The van der Waals surface area contributed by atoms with E-state index in [1.807, 2.05) is 42.5 Å². The fourth-order valence-electron chi connectivity index (χ4n) is 1.91. The van der Waals surface area contributed by atoms with Gasteiger partial charge in [-0.15, -0.1) is 0 Å². The minimum absolute atomic E-state index is 0.124. The third-order valence-corrected chi connectivity index (χ3v) is 3.62. The Kier molecular flexibility index (Phi) is 4.01. The Labute approximate surface area is 135 Å². The number of hydrogen-bond acceptors (Lipinski definition) is 3. The number of oxazole rings is 1. The molecule has 0 saturated carbocycles. The Bertz CT molecular complexity index is 752. The minimum Gasteiger partial charge on any atom is -0.444 e. The Hall–Kier alpha value is -2.15.